The van der Waals surface area contributed by atoms with Crippen LogP contribution in [0.25, 0.3) is 0 Å². The second-order valence-electron chi connectivity index (χ2n) is 2.51. The normalized spacial score (nSPS) is 10.1. The Labute approximate surface area is 82.8 Å². The molecule has 0 amide bonds. The molecule has 0 N–H and O–H groups in total. The summed E-state index contributed by atoms with van der Waals surface area (Å²) in [6.45, 7) is 1.74. The van der Waals surface area contributed by atoms with E-state index in [4.69, 9.17) is 0 Å². The van der Waals surface area contributed by atoms with Crippen molar-refractivity contribution >= 4 is 21.6 Å². The number of nitro groups is 1. The summed E-state index contributed by atoms with van der Waals surface area (Å²) >= 11 is 3.09. The van der Waals surface area contributed by atoms with Crippen LogP contribution in [0.3, 0.4) is 0 Å². The number of benzene rings is 1. The van der Waals surface area contributed by atoms with E-state index < -0.39 is 16.4 Å². The van der Waals surface area contributed by atoms with Gasteiger partial charge in [-0.3, -0.25) is 10.1 Å². The van der Waals surface area contributed by atoms with Crippen LogP contribution >= 0.6 is 15.9 Å². The molecule has 0 unspecified atom stereocenters. The smallest absolute Gasteiger partial charge is 0.258 e. The second kappa shape index (κ2) is 3.83. The largest absolute Gasteiger partial charge is 0.306 e. The monoisotopic (exact) mass is 247 g/mol. The minimum absolute atomic E-state index is 0.348. The molecular weight excluding hydrogens is 241 g/mol. The lowest BCUT2D eigenvalue weighted by Crippen LogP contribution is -1.96. The summed E-state index contributed by atoms with van der Waals surface area (Å²) in [6.07, 6.45) is 0.437. The van der Waals surface area contributed by atoms with E-state index in [1.165, 1.54) is 0 Å². The Balaban J connectivity index is 3.35. The summed E-state index contributed by atoms with van der Waals surface area (Å²) in [5, 5.41) is 10.4. The maximum absolute atomic E-state index is 13.2. The van der Waals surface area contributed by atoms with Gasteiger partial charge in [-0.2, -0.15) is 4.39 Å². The van der Waals surface area contributed by atoms with Crippen LogP contribution in [0, 0.1) is 15.9 Å². The molecule has 5 heteroatoms. The Morgan fingerprint density at radius 1 is 1.62 bits per heavy atom. The maximum atomic E-state index is 13.2. The third-order valence-corrected chi connectivity index (χ3v) is 2.13. The Morgan fingerprint density at radius 2 is 2.23 bits per heavy atom. The molecule has 0 atom stereocenters. The molecule has 1 aromatic carbocycles. The van der Waals surface area contributed by atoms with Crippen LogP contribution in [-0.4, -0.2) is 4.92 Å². The van der Waals surface area contributed by atoms with Gasteiger partial charge in [-0.1, -0.05) is 22.9 Å². The summed E-state index contributed by atoms with van der Waals surface area (Å²) in [5.74, 6) is -0.740. The van der Waals surface area contributed by atoms with Crippen LogP contribution in [0.15, 0.2) is 16.6 Å². The first-order valence-corrected chi connectivity index (χ1v) is 4.48. The van der Waals surface area contributed by atoms with Gasteiger partial charge >= 0.3 is 5.69 Å². The van der Waals surface area contributed by atoms with E-state index in [1.807, 2.05) is 0 Å². The molecule has 0 spiro atoms. The third-order valence-electron chi connectivity index (χ3n) is 1.67. The lowest BCUT2D eigenvalue weighted by molar-refractivity contribution is -0.387. The van der Waals surface area contributed by atoms with Crippen molar-refractivity contribution in [1.82, 2.24) is 0 Å². The topological polar surface area (TPSA) is 43.1 Å². The lowest BCUT2D eigenvalue weighted by Gasteiger charge is -2.01. The van der Waals surface area contributed by atoms with Gasteiger partial charge in [0.25, 0.3) is 0 Å². The van der Waals surface area contributed by atoms with E-state index in [0.717, 1.165) is 6.07 Å². The molecule has 0 heterocycles. The minimum Gasteiger partial charge on any atom is -0.258 e. The molecule has 0 saturated heterocycles. The molecule has 13 heavy (non-hydrogen) atoms. The molecule has 0 bridgehead atoms. The molecule has 70 valence electrons. The van der Waals surface area contributed by atoms with Crippen molar-refractivity contribution in [2.75, 3.05) is 0 Å². The van der Waals surface area contributed by atoms with Gasteiger partial charge in [0, 0.05) is 10.5 Å². The van der Waals surface area contributed by atoms with Gasteiger partial charge in [-0.25, -0.2) is 0 Å². The van der Waals surface area contributed by atoms with Gasteiger partial charge in [0.2, 0.25) is 5.82 Å². The van der Waals surface area contributed by atoms with Crippen molar-refractivity contribution in [2.45, 2.75) is 13.3 Å². The van der Waals surface area contributed by atoms with Crippen LogP contribution in [0.4, 0.5) is 10.1 Å². The van der Waals surface area contributed by atoms with Crippen LogP contribution in [0.1, 0.15) is 12.5 Å². The first kappa shape index (κ1) is 10.1. The molecular formula is C8H7BrFNO2. The van der Waals surface area contributed by atoms with Crippen LogP contribution in [0.5, 0.6) is 0 Å². The van der Waals surface area contributed by atoms with Crippen molar-refractivity contribution in [3.63, 3.8) is 0 Å². The van der Waals surface area contributed by atoms with E-state index >= 15 is 0 Å². The van der Waals surface area contributed by atoms with E-state index in [9.17, 15) is 14.5 Å². The zero-order chi connectivity index (χ0) is 10.0. The molecule has 0 aromatic heterocycles. The minimum atomic E-state index is -0.740. The van der Waals surface area contributed by atoms with Gasteiger partial charge < -0.3 is 0 Å². The fourth-order valence-electron chi connectivity index (χ4n) is 1.02. The summed E-state index contributed by atoms with van der Waals surface area (Å²) in [6, 6.07) is 2.71. The average molecular weight is 248 g/mol. The average Bonchev–Trinajstić information content (AvgIpc) is 2.08. The molecule has 0 saturated carbocycles. The molecule has 0 fully saturated rings. The summed E-state index contributed by atoms with van der Waals surface area (Å²) in [5.41, 5.74) is -0.132. The van der Waals surface area contributed by atoms with Gasteiger partial charge in [0.15, 0.2) is 0 Å². The number of nitro benzene ring substituents is 1. The Morgan fingerprint density at radius 3 is 2.69 bits per heavy atom. The predicted octanol–water partition coefficient (Wildman–Crippen LogP) is 3.06. The molecule has 0 aliphatic carbocycles. The third kappa shape index (κ3) is 2.03. The van der Waals surface area contributed by atoms with Gasteiger partial charge in [0.1, 0.15) is 0 Å². The highest BCUT2D eigenvalue weighted by Gasteiger charge is 2.17. The number of hydrogen-bond donors (Lipinski definition) is 0. The number of aryl methyl sites for hydroxylation is 1. The zero-order valence-corrected chi connectivity index (χ0v) is 8.47. The van der Waals surface area contributed by atoms with Gasteiger partial charge in [0.05, 0.1) is 4.92 Å². The first-order valence-electron chi connectivity index (χ1n) is 3.68. The molecule has 3 nitrogen and oxygen atoms in total. The van der Waals surface area contributed by atoms with Crippen molar-refractivity contribution in [3.05, 3.63) is 38.1 Å². The van der Waals surface area contributed by atoms with Crippen molar-refractivity contribution < 1.29 is 9.31 Å². The van der Waals surface area contributed by atoms with Crippen LogP contribution in [0.2, 0.25) is 0 Å². The molecule has 1 rings (SSSR count). The molecule has 0 radical (unpaired) electrons. The van der Waals surface area contributed by atoms with Crippen molar-refractivity contribution in [2.24, 2.45) is 0 Å². The zero-order valence-electron chi connectivity index (χ0n) is 6.88. The molecule has 1 aromatic rings. The van der Waals surface area contributed by atoms with Crippen LogP contribution in [-0.2, 0) is 6.42 Å². The second-order valence-corrected chi connectivity index (χ2v) is 3.42. The van der Waals surface area contributed by atoms with Crippen molar-refractivity contribution in [3.8, 4) is 0 Å². The number of nitrogens with zero attached hydrogens (tertiary/aromatic N) is 1. The summed E-state index contributed by atoms with van der Waals surface area (Å²) in [4.78, 5) is 9.66. The van der Waals surface area contributed by atoms with Gasteiger partial charge in [-0.05, 0) is 18.1 Å². The van der Waals surface area contributed by atoms with E-state index in [0.29, 0.717) is 16.5 Å². The standard InChI is InChI=1S/C8H7BrFNO2/c1-2-5-3-6(9)4-7(8(5)10)11(12)13/h3-4H,2H2,1H3. The highest BCUT2D eigenvalue weighted by Crippen LogP contribution is 2.26. The predicted molar refractivity (Wildman–Crippen MR) is 50.1 cm³/mol. The lowest BCUT2D eigenvalue weighted by atomic mass is 10.1. The Kier molecular flexibility index (Phi) is 2.98. The summed E-state index contributed by atoms with van der Waals surface area (Å²) in [7, 11) is 0. The van der Waals surface area contributed by atoms with Crippen molar-refractivity contribution in [1.29, 1.82) is 0 Å². The highest BCUT2D eigenvalue weighted by atomic mass is 79.9. The quantitative estimate of drug-likeness (QED) is 0.596. The number of hydrogen-bond acceptors (Lipinski definition) is 2. The summed E-state index contributed by atoms with van der Waals surface area (Å²) < 4.78 is 13.8. The maximum Gasteiger partial charge on any atom is 0.306 e. The van der Waals surface area contributed by atoms with Crippen LogP contribution < -0.4 is 0 Å². The Hall–Kier alpha value is -0.970. The van der Waals surface area contributed by atoms with Gasteiger partial charge in [-0.15, -0.1) is 0 Å². The number of halogens is 2. The molecule has 0 aliphatic rings. The van der Waals surface area contributed by atoms with E-state index in [-0.39, 0.29) is 0 Å². The van der Waals surface area contributed by atoms with E-state index in [2.05, 4.69) is 15.9 Å². The number of rotatable bonds is 2. The first-order chi connectivity index (χ1) is 6.06. The fourth-order valence-corrected chi connectivity index (χ4v) is 1.51. The molecule has 0 aliphatic heterocycles. The fraction of sp³-hybridized carbons (Fsp3) is 0.250. The Bertz CT molecular complexity index is 354. The van der Waals surface area contributed by atoms with E-state index in [1.54, 1.807) is 13.0 Å². The highest BCUT2D eigenvalue weighted by molar-refractivity contribution is 9.10. The SMILES string of the molecule is CCc1cc(Br)cc([N+](=O)[O-])c1F.